The molecule has 0 saturated heterocycles. The third-order valence-electron chi connectivity index (χ3n) is 3.73. The molecule has 0 heterocycles. The van der Waals surface area contributed by atoms with Crippen LogP contribution in [0.15, 0.2) is 42.5 Å². The highest BCUT2D eigenvalue weighted by Crippen LogP contribution is 2.34. The van der Waals surface area contributed by atoms with Crippen molar-refractivity contribution < 1.29 is 32.4 Å². The molecule has 0 aliphatic heterocycles. The van der Waals surface area contributed by atoms with Crippen molar-refractivity contribution in [3.8, 4) is 11.5 Å². The number of carbonyl (C=O) groups excluding carboxylic acids is 1. The fourth-order valence-corrected chi connectivity index (χ4v) is 2.26. The number of alkyl halides is 3. The second kappa shape index (κ2) is 9.62. The Kier molecular flexibility index (Phi) is 7.23. The van der Waals surface area contributed by atoms with E-state index in [1.54, 1.807) is 31.4 Å². The first-order chi connectivity index (χ1) is 13.7. The van der Waals surface area contributed by atoms with Gasteiger partial charge in [0.1, 0.15) is 17.2 Å². The van der Waals surface area contributed by atoms with Crippen LogP contribution in [0.25, 0.3) is 0 Å². The highest BCUT2D eigenvalue weighted by Gasteiger charge is 2.33. The van der Waals surface area contributed by atoms with Gasteiger partial charge in [0.15, 0.2) is 0 Å². The zero-order valence-corrected chi connectivity index (χ0v) is 15.3. The number of methoxy groups -OCH3 is 1. The Morgan fingerprint density at radius 1 is 1.14 bits per heavy atom. The summed E-state index contributed by atoms with van der Waals surface area (Å²) in [6.45, 7) is 0.250. The predicted molar refractivity (Wildman–Crippen MR) is 97.6 cm³/mol. The summed E-state index contributed by atoms with van der Waals surface area (Å²) in [5.41, 5.74) is 2.28. The van der Waals surface area contributed by atoms with Gasteiger partial charge in [-0.25, -0.2) is 0 Å². The molecule has 2 aromatic carbocycles. The maximum atomic E-state index is 12.7. The Balaban J connectivity index is 1.81. The summed E-state index contributed by atoms with van der Waals surface area (Å²) in [4.78, 5) is 21.8. The van der Waals surface area contributed by atoms with Crippen molar-refractivity contribution in [2.24, 2.45) is 0 Å². The van der Waals surface area contributed by atoms with Crippen molar-refractivity contribution >= 4 is 17.3 Å². The second-order valence-corrected chi connectivity index (χ2v) is 5.79. The van der Waals surface area contributed by atoms with Gasteiger partial charge in [0.2, 0.25) is 5.91 Å². The lowest BCUT2D eigenvalue weighted by Gasteiger charge is -2.11. The molecule has 8 nitrogen and oxygen atoms in total. The number of hydrogen-bond donors (Lipinski definition) is 2. The number of nitro groups is 1. The molecule has 0 fully saturated rings. The van der Waals surface area contributed by atoms with Gasteiger partial charge < -0.3 is 9.47 Å². The molecule has 2 N–H and O–H groups in total. The maximum Gasteiger partial charge on any atom is 0.416 e. The van der Waals surface area contributed by atoms with E-state index in [1.807, 2.05) is 0 Å². The van der Waals surface area contributed by atoms with Gasteiger partial charge >= 0.3 is 6.18 Å². The monoisotopic (exact) mass is 413 g/mol. The Labute approximate surface area is 163 Å². The number of nitrogens with one attached hydrogen (secondary N) is 2. The van der Waals surface area contributed by atoms with Crippen LogP contribution in [-0.4, -0.2) is 24.5 Å². The fraction of sp³-hybridized carbons (Fsp3) is 0.278. The third kappa shape index (κ3) is 6.55. The summed E-state index contributed by atoms with van der Waals surface area (Å²) in [6.07, 6.45) is -4.32. The van der Waals surface area contributed by atoms with Gasteiger partial charge in [0.05, 0.1) is 24.2 Å². The second-order valence-electron chi connectivity index (χ2n) is 5.79. The van der Waals surface area contributed by atoms with Gasteiger partial charge in [0.25, 0.3) is 5.69 Å². The number of anilines is 1. The molecule has 11 heteroatoms. The first-order valence-corrected chi connectivity index (χ1v) is 8.38. The van der Waals surface area contributed by atoms with Crippen LogP contribution in [0, 0.1) is 10.1 Å². The molecule has 29 heavy (non-hydrogen) atoms. The van der Waals surface area contributed by atoms with E-state index < -0.39 is 28.3 Å². The number of ether oxygens (including phenoxy) is 2. The lowest BCUT2D eigenvalue weighted by atomic mass is 10.1. The number of rotatable bonds is 9. The number of carbonyl (C=O) groups is 1. The normalized spacial score (nSPS) is 10.9. The molecule has 0 aliphatic carbocycles. The minimum absolute atomic E-state index is 0.0393. The number of nitro benzene ring substituents is 1. The minimum Gasteiger partial charge on any atom is -0.497 e. The van der Waals surface area contributed by atoms with E-state index in [-0.39, 0.29) is 18.7 Å². The molecule has 0 saturated carbocycles. The molecule has 0 atom stereocenters. The molecule has 1 amide bonds. The zero-order chi connectivity index (χ0) is 21.4. The summed E-state index contributed by atoms with van der Waals surface area (Å²) in [6, 6.07) is 8.84. The first kappa shape index (κ1) is 21.8. The van der Waals surface area contributed by atoms with Crippen LogP contribution in [0.5, 0.6) is 11.5 Å². The van der Waals surface area contributed by atoms with Crippen LogP contribution in [0.4, 0.5) is 24.5 Å². The first-order valence-electron chi connectivity index (χ1n) is 8.38. The summed E-state index contributed by atoms with van der Waals surface area (Å²) < 4.78 is 48.5. The van der Waals surface area contributed by atoms with Gasteiger partial charge in [-0.2, -0.15) is 13.2 Å². The van der Waals surface area contributed by atoms with E-state index in [0.29, 0.717) is 30.1 Å². The number of amides is 1. The van der Waals surface area contributed by atoms with Crippen molar-refractivity contribution in [1.82, 2.24) is 5.43 Å². The highest BCUT2D eigenvalue weighted by molar-refractivity contribution is 5.78. The van der Waals surface area contributed by atoms with Gasteiger partial charge in [-0.05, 0) is 42.8 Å². The minimum atomic E-state index is -4.71. The molecule has 2 rings (SSSR count). The summed E-state index contributed by atoms with van der Waals surface area (Å²) in [5, 5.41) is 11.0. The fourth-order valence-electron chi connectivity index (χ4n) is 2.26. The number of halogens is 3. The molecule has 0 aliphatic rings. The van der Waals surface area contributed by atoms with Crippen molar-refractivity contribution in [1.29, 1.82) is 0 Å². The van der Waals surface area contributed by atoms with E-state index in [2.05, 4.69) is 10.9 Å². The topological polar surface area (TPSA) is 103 Å². The highest BCUT2D eigenvalue weighted by atomic mass is 19.4. The summed E-state index contributed by atoms with van der Waals surface area (Å²) in [7, 11) is 1.54. The van der Waals surface area contributed by atoms with Gasteiger partial charge in [-0.3, -0.25) is 25.8 Å². The van der Waals surface area contributed by atoms with Gasteiger partial charge in [-0.15, -0.1) is 0 Å². The number of benzene rings is 2. The molecular formula is C18H18F3N3O5. The van der Waals surface area contributed by atoms with Crippen molar-refractivity contribution in [3.05, 3.63) is 58.1 Å². The lowest BCUT2D eigenvalue weighted by molar-refractivity contribution is -0.384. The Hall–Kier alpha value is -3.50. The quantitative estimate of drug-likeness (QED) is 0.367. The van der Waals surface area contributed by atoms with Crippen LogP contribution in [0.3, 0.4) is 0 Å². The van der Waals surface area contributed by atoms with Crippen LogP contribution < -0.4 is 20.3 Å². The van der Waals surface area contributed by atoms with Crippen LogP contribution >= 0.6 is 0 Å². The summed E-state index contributed by atoms with van der Waals surface area (Å²) >= 11 is 0. The van der Waals surface area contributed by atoms with E-state index in [1.165, 1.54) is 0 Å². The van der Waals surface area contributed by atoms with Crippen molar-refractivity contribution in [2.75, 3.05) is 19.1 Å². The zero-order valence-electron chi connectivity index (χ0n) is 15.3. The summed E-state index contributed by atoms with van der Waals surface area (Å²) in [5.74, 6) is 0.780. The Morgan fingerprint density at radius 3 is 2.38 bits per heavy atom. The van der Waals surface area contributed by atoms with E-state index in [0.717, 1.165) is 6.07 Å². The standard InChI is InChI=1S/C18H18F3N3O5/c1-28-13-5-7-14(8-6-13)29-10-2-3-17(25)23-22-15-9-4-12(18(19,20)21)11-16(15)24(26)27/h4-9,11,22H,2-3,10H2,1H3,(H,23,25). The largest absolute Gasteiger partial charge is 0.497 e. The maximum absolute atomic E-state index is 12.7. The molecule has 0 radical (unpaired) electrons. The molecular weight excluding hydrogens is 395 g/mol. The number of hydrazine groups is 1. The molecule has 0 bridgehead atoms. The predicted octanol–water partition coefficient (Wildman–Crippen LogP) is 3.92. The van der Waals surface area contributed by atoms with E-state index in [4.69, 9.17) is 9.47 Å². The SMILES string of the molecule is COc1ccc(OCCCC(=O)NNc2ccc(C(F)(F)F)cc2[N+](=O)[O-])cc1. The Bertz CT molecular complexity index is 857. The van der Waals surface area contributed by atoms with Crippen molar-refractivity contribution in [3.63, 3.8) is 0 Å². The van der Waals surface area contributed by atoms with Gasteiger partial charge in [-0.1, -0.05) is 0 Å². The van der Waals surface area contributed by atoms with E-state index >= 15 is 0 Å². The molecule has 2 aromatic rings. The van der Waals surface area contributed by atoms with Crippen LogP contribution in [0.2, 0.25) is 0 Å². The number of nitrogens with zero attached hydrogens (tertiary/aromatic N) is 1. The average Bonchev–Trinajstić information content (AvgIpc) is 2.69. The van der Waals surface area contributed by atoms with Gasteiger partial charge in [0, 0.05) is 12.5 Å². The van der Waals surface area contributed by atoms with E-state index in [9.17, 15) is 28.1 Å². The molecule has 0 unspecified atom stereocenters. The van der Waals surface area contributed by atoms with Crippen LogP contribution in [-0.2, 0) is 11.0 Å². The number of hydrogen-bond acceptors (Lipinski definition) is 6. The Morgan fingerprint density at radius 2 is 1.79 bits per heavy atom. The van der Waals surface area contributed by atoms with Crippen molar-refractivity contribution in [2.45, 2.75) is 19.0 Å². The van der Waals surface area contributed by atoms with Crippen LogP contribution in [0.1, 0.15) is 18.4 Å². The molecule has 0 aromatic heterocycles. The molecule has 156 valence electrons. The third-order valence-corrected chi connectivity index (χ3v) is 3.73. The smallest absolute Gasteiger partial charge is 0.416 e. The lowest BCUT2D eigenvalue weighted by Crippen LogP contribution is -2.29. The average molecular weight is 413 g/mol. The molecule has 0 spiro atoms.